The molecule has 0 saturated carbocycles. The van der Waals surface area contributed by atoms with E-state index in [1.54, 1.807) is 0 Å². The molecular weight excluding hydrogens is 641 g/mol. The fourth-order valence-electron chi connectivity index (χ4n) is 5.07. The van der Waals surface area contributed by atoms with Crippen LogP contribution in [0.3, 0.4) is 0 Å². The second-order valence-electron chi connectivity index (χ2n) is 12.8. The third-order valence-electron chi connectivity index (χ3n) is 8.00. The Bertz CT molecular complexity index is 907. The minimum atomic E-state index is -4.38. The molecular formula is C39H72NO8P. The zero-order valence-corrected chi connectivity index (χ0v) is 32.1. The molecule has 0 aromatic carbocycles. The van der Waals surface area contributed by atoms with Crippen LogP contribution in [-0.4, -0.2) is 49.3 Å². The zero-order chi connectivity index (χ0) is 36.1. The van der Waals surface area contributed by atoms with Crippen LogP contribution in [0.2, 0.25) is 0 Å². The molecule has 0 heterocycles. The average molecular weight is 714 g/mol. The summed E-state index contributed by atoms with van der Waals surface area (Å²) in [4.78, 5) is 34.7. The summed E-state index contributed by atoms with van der Waals surface area (Å²) < 4.78 is 32.6. The van der Waals surface area contributed by atoms with Gasteiger partial charge in [0.2, 0.25) is 0 Å². The number of rotatable bonds is 36. The molecule has 10 heteroatoms. The van der Waals surface area contributed by atoms with Crippen molar-refractivity contribution in [3.63, 3.8) is 0 Å². The number of carbonyl (C=O) groups is 2. The van der Waals surface area contributed by atoms with Crippen molar-refractivity contribution in [1.29, 1.82) is 0 Å². The van der Waals surface area contributed by atoms with Gasteiger partial charge in [-0.15, -0.1) is 0 Å². The molecule has 0 spiro atoms. The SMILES string of the molecule is CCCCC/C=C/C/C=C/CCCCCCCC(=O)O[C@H](COC(=O)CCCCCCC/C=C/CCCCCC)COP(=O)(O)OCCN. The van der Waals surface area contributed by atoms with Crippen LogP contribution in [0, 0.1) is 0 Å². The first-order valence-corrected chi connectivity index (χ1v) is 21.0. The number of esters is 2. The number of hydrogen-bond donors (Lipinski definition) is 2. The van der Waals surface area contributed by atoms with Crippen molar-refractivity contribution < 1.29 is 37.6 Å². The third kappa shape index (κ3) is 35.8. The molecule has 0 rings (SSSR count). The van der Waals surface area contributed by atoms with Gasteiger partial charge in [-0.1, -0.05) is 121 Å². The molecule has 9 nitrogen and oxygen atoms in total. The van der Waals surface area contributed by atoms with Gasteiger partial charge in [-0.05, 0) is 70.6 Å². The lowest BCUT2D eigenvalue weighted by atomic mass is 10.1. The van der Waals surface area contributed by atoms with Crippen LogP contribution in [0.4, 0.5) is 0 Å². The number of hydrogen-bond acceptors (Lipinski definition) is 8. The van der Waals surface area contributed by atoms with Gasteiger partial charge >= 0.3 is 19.8 Å². The van der Waals surface area contributed by atoms with Gasteiger partial charge in [0.15, 0.2) is 6.10 Å². The van der Waals surface area contributed by atoms with Crippen molar-refractivity contribution in [2.24, 2.45) is 5.73 Å². The fraction of sp³-hybridized carbons (Fsp3) is 0.795. The monoisotopic (exact) mass is 713 g/mol. The molecule has 1 unspecified atom stereocenters. The van der Waals surface area contributed by atoms with Gasteiger partial charge in [0.1, 0.15) is 6.61 Å². The molecule has 2 atom stereocenters. The highest BCUT2D eigenvalue weighted by atomic mass is 31.2. The molecule has 0 saturated heterocycles. The molecule has 286 valence electrons. The summed E-state index contributed by atoms with van der Waals surface area (Å²) >= 11 is 0. The van der Waals surface area contributed by atoms with Crippen molar-refractivity contribution in [1.82, 2.24) is 0 Å². The van der Waals surface area contributed by atoms with Crippen LogP contribution >= 0.6 is 7.82 Å². The first kappa shape index (κ1) is 47.2. The number of phosphoric ester groups is 1. The minimum absolute atomic E-state index is 0.0493. The van der Waals surface area contributed by atoms with Crippen LogP contribution in [0.5, 0.6) is 0 Å². The maximum Gasteiger partial charge on any atom is 0.472 e. The van der Waals surface area contributed by atoms with Gasteiger partial charge in [0.25, 0.3) is 0 Å². The number of allylic oxidation sites excluding steroid dienone is 6. The molecule has 3 N–H and O–H groups in total. The van der Waals surface area contributed by atoms with Gasteiger partial charge in [0.05, 0.1) is 13.2 Å². The first-order chi connectivity index (χ1) is 23.8. The van der Waals surface area contributed by atoms with E-state index in [2.05, 4.69) is 50.3 Å². The number of carbonyl (C=O) groups excluding carboxylic acids is 2. The number of phosphoric acid groups is 1. The third-order valence-corrected chi connectivity index (χ3v) is 8.98. The maximum atomic E-state index is 12.5. The Kier molecular flexibility index (Phi) is 34.7. The second kappa shape index (κ2) is 36.0. The van der Waals surface area contributed by atoms with Crippen LogP contribution in [-0.2, 0) is 32.7 Å². The van der Waals surface area contributed by atoms with E-state index in [0.717, 1.165) is 77.0 Å². The van der Waals surface area contributed by atoms with Crippen LogP contribution in [0.25, 0.3) is 0 Å². The lowest BCUT2D eigenvalue weighted by Crippen LogP contribution is -2.29. The largest absolute Gasteiger partial charge is 0.472 e. The molecule has 0 fully saturated rings. The predicted octanol–water partition coefficient (Wildman–Crippen LogP) is 10.6. The number of ether oxygens (including phenoxy) is 2. The van der Waals surface area contributed by atoms with Gasteiger partial charge < -0.3 is 20.1 Å². The maximum absolute atomic E-state index is 12.5. The van der Waals surface area contributed by atoms with Gasteiger partial charge in [-0.3, -0.25) is 18.6 Å². The van der Waals surface area contributed by atoms with Crippen LogP contribution in [0.1, 0.15) is 168 Å². The smallest absolute Gasteiger partial charge is 0.462 e. The number of nitrogens with two attached hydrogens (primary N) is 1. The van der Waals surface area contributed by atoms with E-state index in [-0.39, 0.29) is 32.6 Å². The second-order valence-corrected chi connectivity index (χ2v) is 14.2. The molecule has 0 aliphatic heterocycles. The van der Waals surface area contributed by atoms with Crippen LogP contribution in [0.15, 0.2) is 36.5 Å². The normalized spacial score (nSPS) is 13.8. The highest BCUT2D eigenvalue weighted by molar-refractivity contribution is 7.47. The number of unbranched alkanes of at least 4 members (excludes halogenated alkanes) is 17. The van der Waals surface area contributed by atoms with E-state index in [9.17, 15) is 19.0 Å². The lowest BCUT2D eigenvalue weighted by Gasteiger charge is -2.19. The predicted molar refractivity (Wildman–Crippen MR) is 201 cm³/mol. The quantitative estimate of drug-likeness (QED) is 0.0281. The molecule has 0 aromatic heterocycles. The van der Waals surface area contributed by atoms with E-state index in [1.807, 2.05) is 0 Å². The Labute approximate surface area is 299 Å². The molecule has 0 radical (unpaired) electrons. The van der Waals surface area contributed by atoms with Crippen molar-refractivity contribution in [2.45, 2.75) is 174 Å². The summed E-state index contributed by atoms with van der Waals surface area (Å²) in [6.07, 6.45) is 37.4. The molecule has 0 aromatic rings. The van der Waals surface area contributed by atoms with Gasteiger partial charge in [0, 0.05) is 19.4 Å². The zero-order valence-electron chi connectivity index (χ0n) is 31.2. The van der Waals surface area contributed by atoms with Gasteiger partial charge in [-0.2, -0.15) is 0 Å². The highest BCUT2D eigenvalue weighted by Crippen LogP contribution is 2.43. The van der Waals surface area contributed by atoms with E-state index in [4.69, 9.17) is 24.3 Å². The Hall–Kier alpha value is -1.77. The standard InChI is InChI=1S/C39H72NO8P/c1-3-5-7-9-11-13-15-17-18-20-22-24-26-28-30-32-39(42)48-37(36-47-49(43,44)46-34-33-40)35-45-38(41)31-29-27-25-23-21-19-16-14-12-10-8-6-4-2/h11,13-14,16-18,37H,3-10,12,15,19-36,40H2,1-2H3,(H,43,44)/b13-11+,16-14+,18-17+/t37-/m1/s1. The molecule has 0 aliphatic rings. The van der Waals surface area contributed by atoms with E-state index in [0.29, 0.717) is 6.42 Å². The Balaban J connectivity index is 4.26. The van der Waals surface area contributed by atoms with E-state index in [1.165, 1.54) is 57.8 Å². The van der Waals surface area contributed by atoms with Crippen molar-refractivity contribution >= 4 is 19.8 Å². The Morgan fingerprint density at radius 1 is 0.612 bits per heavy atom. The minimum Gasteiger partial charge on any atom is -0.462 e. The van der Waals surface area contributed by atoms with E-state index < -0.39 is 32.5 Å². The summed E-state index contributed by atoms with van der Waals surface area (Å²) in [7, 11) is -4.38. The fourth-order valence-corrected chi connectivity index (χ4v) is 5.83. The Morgan fingerprint density at radius 3 is 1.61 bits per heavy atom. The van der Waals surface area contributed by atoms with Crippen LogP contribution < -0.4 is 5.73 Å². The van der Waals surface area contributed by atoms with Crippen molar-refractivity contribution in [3.8, 4) is 0 Å². The summed E-state index contributed by atoms with van der Waals surface area (Å²) in [5, 5.41) is 0. The van der Waals surface area contributed by atoms with E-state index >= 15 is 0 Å². The Morgan fingerprint density at radius 2 is 1.06 bits per heavy atom. The van der Waals surface area contributed by atoms with Gasteiger partial charge in [-0.25, -0.2) is 4.57 Å². The van der Waals surface area contributed by atoms with Crippen molar-refractivity contribution in [2.75, 3.05) is 26.4 Å². The summed E-state index contributed by atoms with van der Waals surface area (Å²) in [5.74, 6) is -0.857. The topological polar surface area (TPSA) is 134 Å². The summed E-state index contributed by atoms with van der Waals surface area (Å²) in [5.41, 5.74) is 5.33. The summed E-state index contributed by atoms with van der Waals surface area (Å²) in [6.45, 7) is 3.65. The molecule has 0 amide bonds. The molecule has 49 heavy (non-hydrogen) atoms. The summed E-state index contributed by atoms with van der Waals surface area (Å²) in [6, 6.07) is 0. The average Bonchev–Trinajstić information content (AvgIpc) is 3.08. The molecule has 0 bridgehead atoms. The molecule has 0 aliphatic carbocycles. The lowest BCUT2D eigenvalue weighted by molar-refractivity contribution is -0.161. The highest BCUT2D eigenvalue weighted by Gasteiger charge is 2.25. The van der Waals surface area contributed by atoms with Crippen molar-refractivity contribution in [3.05, 3.63) is 36.5 Å². The first-order valence-electron chi connectivity index (χ1n) is 19.5.